The number of benzene rings is 2. The van der Waals surface area contributed by atoms with E-state index in [0.717, 1.165) is 22.5 Å². The second kappa shape index (κ2) is 8.74. The molecule has 144 valence electrons. The Kier molecular flexibility index (Phi) is 6.11. The molecule has 0 unspecified atom stereocenters. The van der Waals surface area contributed by atoms with Crippen molar-refractivity contribution >= 4 is 66.6 Å². The van der Waals surface area contributed by atoms with Crippen molar-refractivity contribution in [2.24, 2.45) is 0 Å². The van der Waals surface area contributed by atoms with Gasteiger partial charge in [0.25, 0.3) is 0 Å². The van der Waals surface area contributed by atoms with Crippen LogP contribution in [0.25, 0.3) is 21.1 Å². The fourth-order valence-corrected chi connectivity index (χ4v) is 5.27. The first kappa shape index (κ1) is 19.6. The van der Waals surface area contributed by atoms with E-state index < -0.39 is 0 Å². The smallest absolute Gasteiger partial charge is 0.158 e. The Morgan fingerprint density at radius 3 is 2.39 bits per heavy atom. The van der Waals surface area contributed by atoms with E-state index in [9.17, 15) is 0 Å². The number of anilines is 2. The number of hydrogen-bond acceptors (Lipinski definition) is 4. The van der Waals surface area contributed by atoms with Crippen molar-refractivity contribution in [3.8, 4) is 0 Å². The van der Waals surface area contributed by atoms with E-state index in [0.29, 0.717) is 5.92 Å². The number of aromatic nitrogens is 2. The van der Waals surface area contributed by atoms with Gasteiger partial charge in [0.15, 0.2) is 5.82 Å². The highest BCUT2D eigenvalue weighted by Gasteiger charge is 2.19. The molecule has 0 fully saturated rings. The van der Waals surface area contributed by atoms with Crippen LogP contribution in [-0.4, -0.2) is 9.97 Å². The Morgan fingerprint density at radius 1 is 0.964 bits per heavy atom. The number of para-hydroxylation sites is 1. The topological polar surface area (TPSA) is 37.8 Å². The number of fused-ring (bicyclic) bond motifs is 3. The molecule has 0 aliphatic rings. The molecule has 0 saturated heterocycles. The summed E-state index contributed by atoms with van der Waals surface area (Å²) in [6.07, 6.45) is 4.76. The molecule has 0 spiro atoms. The molecular formula is C23H24IN3S. The SMILES string of the molecule is CCCC(CCC)c1nc2c(Nc3ccc(I)cc3)nc3ccccc3c2s1. The number of nitrogens with zero attached hydrogens (tertiary/aromatic N) is 2. The van der Waals surface area contributed by atoms with Crippen LogP contribution in [0, 0.1) is 3.57 Å². The van der Waals surface area contributed by atoms with Crippen LogP contribution in [0.1, 0.15) is 50.5 Å². The molecular weight excluding hydrogens is 477 g/mol. The van der Waals surface area contributed by atoms with Crippen LogP contribution in [0.5, 0.6) is 0 Å². The van der Waals surface area contributed by atoms with Crippen LogP contribution >= 0.6 is 33.9 Å². The Bertz CT molecular complexity index is 1080. The van der Waals surface area contributed by atoms with Crippen molar-refractivity contribution in [1.82, 2.24) is 9.97 Å². The zero-order valence-corrected chi connectivity index (χ0v) is 19.2. The summed E-state index contributed by atoms with van der Waals surface area (Å²) in [6.45, 7) is 4.52. The predicted octanol–water partition coefficient (Wildman–Crippen LogP) is 7.88. The van der Waals surface area contributed by atoms with Gasteiger partial charge < -0.3 is 5.32 Å². The van der Waals surface area contributed by atoms with Crippen LogP contribution in [-0.2, 0) is 0 Å². The highest BCUT2D eigenvalue weighted by Crippen LogP contribution is 2.39. The van der Waals surface area contributed by atoms with Gasteiger partial charge in [0.1, 0.15) is 5.52 Å². The molecule has 28 heavy (non-hydrogen) atoms. The molecule has 0 aliphatic heterocycles. The number of nitrogens with one attached hydrogen (secondary N) is 1. The standard InChI is InChI=1S/C23H24IN3S/c1-3-7-15(8-4-2)23-27-20-21(28-23)18-9-5-6-10-19(18)26-22(20)25-17-13-11-16(24)12-14-17/h5-6,9-15H,3-4,7-8H2,1-2H3,(H,25,26). The molecule has 0 bridgehead atoms. The maximum atomic E-state index is 5.11. The largest absolute Gasteiger partial charge is 0.338 e. The molecule has 3 nitrogen and oxygen atoms in total. The van der Waals surface area contributed by atoms with E-state index in [1.54, 1.807) is 0 Å². The van der Waals surface area contributed by atoms with Gasteiger partial charge in [0, 0.05) is 20.6 Å². The summed E-state index contributed by atoms with van der Waals surface area (Å²) >= 11 is 4.17. The van der Waals surface area contributed by atoms with Gasteiger partial charge in [-0.05, 0) is 65.8 Å². The Morgan fingerprint density at radius 2 is 1.68 bits per heavy atom. The maximum absolute atomic E-state index is 5.11. The van der Waals surface area contributed by atoms with Gasteiger partial charge in [-0.1, -0.05) is 44.9 Å². The van der Waals surface area contributed by atoms with Gasteiger partial charge in [-0.25, -0.2) is 9.97 Å². The summed E-state index contributed by atoms with van der Waals surface area (Å²) < 4.78 is 2.46. The predicted molar refractivity (Wildman–Crippen MR) is 130 cm³/mol. The third kappa shape index (κ3) is 4.01. The monoisotopic (exact) mass is 501 g/mol. The van der Waals surface area contributed by atoms with Crippen molar-refractivity contribution in [2.75, 3.05) is 5.32 Å². The van der Waals surface area contributed by atoms with Gasteiger partial charge >= 0.3 is 0 Å². The summed E-state index contributed by atoms with van der Waals surface area (Å²) in [6, 6.07) is 16.8. The number of pyridine rings is 1. The molecule has 0 aliphatic carbocycles. The first-order valence-electron chi connectivity index (χ1n) is 9.91. The molecule has 1 N–H and O–H groups in total. The first-order valence-corrected chi connectivity index (χ1v) is 11.8. The third-order valence-electron chi connectivity index (χ3n) is 4.98. The van der Waals surface area contributed by atoms with Crippen LogP contribution in [0.4, 0.5) is 11.5 Å². The summed E-state index contributed by atoms with van der Waals surface area (Å²) in [5.74, 6) is 1.39. The Labute approximate surface area is 183 Å². The summed E-state index contributed by atoms with van der Waals surface area (Å²) in [7, 11) is 0. The molecule has 4 rings (SSSR count). The van der Waals surface area contributed by atoms with Crippen LogP contribution in [0.3, 0.4) is 0 Å². The van der Waals surface area contributed by atoms with Gasteiger partial charge in [-0.15, -0.1) is 11.3 Å². The lowest BCUT2D eigenvalue weighted by Crippen LogP contribution is -1.98. The normalized spacial score (nSPS) is 11.6. The van der Waals surface area contributed by atoms with E-state index in [4.69, 9.17) is 9.97 Å². The van der Waals surface area contributed by atoms with E-state index in [1.807, 2.05) is 11.3 Å². The number of halogens is 1. The first-order chi connectivity index (χ1) is 13.7. The lowest BCUT2D eigenvalue weighted by molar-refractivity contribution is 0.559. The molecule has 2 aromatic carbocycles. The Hall–Kier alpha value is -1.73. The van der Waals surface area contributed by atoms with Crippen LogP contribution < -0.4 is 5.32 Å². The fraction of sp³-hybridized carbons (Fsp3) is 0.304. The molecule has 0 radical (unpaired) electrons. The minimum atomic E-state index is 0.539. The average Bonchev–Trinajstić information content (AvgIpc) is 3.16. The van der Waals surface area contributed by atoms with Crippen molar-refractivity contribution in [3.05, 3.63) is 57.1 Å². The van der Waals surface area contributed by atoms with E-state index in [1.165, 1.54) is 44.3 Å². The lowest BCUT2D eigenvalue weighted by Gasteiger charge is -2.11. The molecule has 0 atom stereocenters. The number of rotatable bonds is 7. The average molecular weight is 501 g/mol. The van der Waals surface area contributed by atoms with Crippen molar-refractivity contribution in [1.29, 1.82) is 0 Å². The minimum Gasteiger partial charge on any atom is -0.338 e. The second-order valence-corrected chi connectivity index (χ2v) is 9.39. The van der Waals surface area contributed by atoms with Crippen LogP contribution in [0.2, 0.25) is 0 Å². The van der Waals surface area contributed by atoms with Crippen molar-refractivity contribution in [3.63, 3.8) is 0 Å². The zero-order valence-electron chi connectivity index (χ0n) is 16.2. The van der Waals surface area contributed by atoms with Gasteiger partial charge in [0.05, 0.1) is 15.2 Å². The molecule has 0 amide bonds. The van der Waals surface area contributed by atoms with Gasteiger partial charge in [0.2, 0.25) is 0 Å². The molecule has 0 saturated carbocycles. The maximum Gasteiger partial charge on any atom is 0.158 e. The summed E-state index contributed by atoms with van der Waals surface area (Å²) in [5, 5.41) is 5.96. The Balaban J connectivity index is 1.86. The number of hydrogen-bond donors (Lipinski definition) is 1. The van der Waals surface area contributed by atoms with E-state index in [2.05, 4.69) is 90.3 Å². The fourth-order valence-electron chi connectivity index (χ4n) is 3.64. The highest BCUT2D eigenvalue weighted by molar-refractivity contribution is 14.1. The van der Waals surface area contributed by atoms with E-state index in [-0.39, 0.29) is 0 Å². The molecule has 2 heterocycles. The number of thiazole rings is 1. The van der Waals surface area contributed by atoms with Gasteiger partial charge in [-0.3, -0.25) is 0 Å². The van der Waals surface area contributed by atoms with Gasteiger partial charge in [-0.2, -0.15) is 0 Å². The molecule has 2 aromatic heterocycles. The summed E-state index contributed by atoms with van der Waals surface area (Å²) in [4.78, 5) is 10.0. The van der Waals surface area contributed by atoms with Crippen LogP contribution in [0.15, 0.2) is 48.5 Å². The lowest BCUT2D eigenvalue weighted by atomic mass is 9.99. The second-order valence-electron chi connectivity index (χ2n) is 7.11. The quantitative estimate of drug-likeness (QED) is 0.262. The van der Waals surface area contributed by atoms with E-state index >= 15 is 0 Å². The minimum absolute atomic E-state index is 0.539. The highest BCUT2D eigenvalue weighted by atomic mass is 127. The third-order valence-corrected chi connectivity index (χ3v) is 6.95. The van der Waals surface area contributed by atoms with Crippen molar-refractivity contribution in [2.45, 2.75) is 45.4 Å². The molecule has 4 aromatic rings. The summed E-state index contributed by atoms with van der Waals surface area (Å²) in [5.41, 5.74) is 3.05. The molecule has 5 heteroatoms. The zero-order chi connectivity index (χ0) is 19.5. The van der Waals surface area contributed by atoms with Crippen molar-refractivity contribution < 1.29 is 0 Å².